The van der Waals surface area contributed by atoms with E-state index < -0.39 is 10.0 Å². The van der Waals surface area contributed by atoms with Crippen LogP contribution in [-0.4, -0.2) is 45.9 Å². The van der Waals surface area contributed by atoms with E-state index in [9.17, 15) is 13.2 Å². The molecule has 2 N–H and O–H groups in total. The van der Waals surface area contributed by atoms with Crippen molar-refractivity contribution in [1.29, 1.82) is 0 Å². The summed E-state index contributed by atoms with van der Waals surface area (Å²) in [5, 5.41) is 2.86. The summed E-state index contributed by atoms with van der Waals surface area (Å²) < 4.78 is 26.9. The summed E-state index contributed by atoms with van der Waals surface area (Å²) >= 11 is 0. The predicted octanol–water partition coefficient (Wildman–Crippen LogP) is 0.873. The minimum Gasteiger partial charge on any atom is -0.375 e. The number of nitrogens with zero attached hydrogens (tertiary/aromatic N) is 1. The molecule has 6 nitrogen and oxygen atoms in total. The standard InChI is InChI=1S/C13H21N3O3S/c1-10(2)15-20(18,19)12-8-6-5-7-11(12)14-9-13(17)16(3)4/h5-8,10,14-15H,9H2,1-4H3. The van der Waals surface area contributed by atoms with Crippen molar-refractivity contribution >= 4 is 21.6 Å². The maximum absolute atomic E-state index is 12.2. The number of amides is 1. The number of likely N-dealkylation sites (N-methyl/N-ethyl adjacent to an activating group) is 1. The van der Waals surface area contributed by atoms with Crippen molar-refractivity contribution in [1.82, 2.24) is 9.62 Å². The molecule has 0 aliphatic carbocycles. The molecule has 0 saturated carbocycles. The Hall–Kier alpha value is -1.60. The van der Waals surface area contributed by atoms with E-state index in [4.69, 9.17) is 0 Å². The largest absolute Gasteiger partial charge is 0.375 e. The SMILES string of the molecule is CC(C)NS(=O)(=O)c1ccccc1NCC(=O)N(C)C. The van der Waals surface area contributed by atoms with Crippen LogP contribution in [0.15, 0.2) is 29.2 Å². The van der Waals surface area contributed by atoms with Gasteiger partial charge in [0.2, 0.25) is 15.9 Å². The Labute approximate surface area is 120 Å². The molecule has 0 aliphatic heterocycles. The molecule has 0 unspecified atom stereocenters. The highest BCUT2D eigenvalue weighted by Gasteiger charge is 2.19. The molecular formula is C13H21N3O3S. The number of para-hydroxylation sites is 1. The summed E-state index contributed by atoms with van der Waals surface area (Å²) in [7, 11) is -0.304. The number of carbonyl (C=O) groups is 1. The van der Waals surface area contributed by atoms with E-state index in [1.165, 1.54) is 11.0 Å². The predicted molar refractivity (Wildman–Crippen MR) is 79.1 cm³/mol. The average molecular weight is 299 g/mol. The Morgan fingerprint density at radius 3 is 2.40 bits per heavy atom. The first-order valence-corrected chi connectivity index (χ1v) is 7.77. The molecule has 20 heavy (non-hydrogen) atoms. The Bertz CT molecular complexity index is 568. The molecule has 0 saturated heterocycles. The number of hydrogen-bond donors (Lipinski definition) is 2. The molecule has 1 aromatic carbocycles. The van der Waals surface area contributed by atoms with Crippen molar-refractivity contribution in [3.05, 3.63) is 24.3 Å². The number of rotatable bonds is 6. The molecule has 0 heterocycles. The van der Waals surface area contributed by atoms with Crippen molar-refractivity contribution in [2.45, 2.75) is 24.8 Å². The molecule has 0 bridgehead atoms. The molecule has 1 aromatic rings. The first-order chi connectivity index (χ1) is 9.24. The molecule has 0 spiro atoms. The van der Waals surface area contributed by atoms with Gasteiger partial charge in [0.1, 0.15) is 4.90 Å². The maximum Gasteiger partial charge on any atom is 0.242 e. The first kappa shape index (κ1) is 16.5. The number of nitrogens with one attached hydrogen (secondary N) is 2. The van der Waals surface area contributed by atoms with Crippen LogP contribution in [0.3, 0.4) is 0 Å². The molecule has 0 aliphatic rings. The lowest BCUT2D eigenvalue weighted by atomic mass is 10.3. The topological polar surface area (TPSA) is 78.5 Å². The first-order valence-electron chi connectivity index (χ1n) is 6.29. The highest BCUT2D eigenvalue weighted by molar-refractivity contribution is 7.89. The van der Waals surface area contributed by atoms with Crippen LogP contribution in [0.2, 0.25) is 0 Å². The van der Waals surface area contributed by atoms with Gasteiger partial charge in [-0.15, -0.1) is 0 Å². The normalized spacial score (nSPS) is 11.4. The third kappa shape index (κ3) is 4.50. The molecular weight excluding hydrogens is 278 g/mol. The molecule has 0 radical (unpaired) electrons. The van der Waals surface area contributed by atoms with E-state index in [1.807, 2.05) is 0 Å². The van der Waals surface area contributed by atoms with Crippen LogP contribution in [0.5, 0.6) is 0 Å². The van der Waals surface area contributed by atoms with Gasteiger partial charge in [0.25, 0.3) is 0 Å². The van der Waals surface area contributed by atoms with E-state index in [2.05, 4.69) is 10.0 Å². The fourth-order valence-corrected chi connectivity index (χ4v) is 2.98. The van der Waals surface area contributed by atoms with Gasteiger partial charge in [-0.05, 0) is 26.0 Å². The van der Waals surface area contributed by atoms with Crippen LogP contribution in [0.4, 0.5) is 5.69 Å². The fraction of sp³-hybridized carbons (Fsp3) is 0.462. The Morgan fingerprint density at radius 1 is 1.25 bits per heavy atom. The van der Waals surface area contributed by atoms with Gasteiger partial charge in [-0.25, -0.2) is 13.1 Å². The summed E-state index contributed by atoms with van der Waals surface area (Å²) in [4.78, 5) is 13.1. The van der Waals surface area contributed by atoms with Gasteiger partial charge >= 0.3 is 0 Å². The summed E-state index contributed by atoms with van der Waals surface area (Å²) in [5.41, 5.74) is 0.413. The minimum atomic E-state index is -3.60. The number of carbonyl (C=O) groups excluding carboxylic acids is 1. The van der Waals surface area contributed by atoms with E-state index in [-0.39, 0.29) is 23.4 Å². The average Bonchev–Trinajstić information content (AvgIpc) is 2.34. The highest BCUT2D eigenvalue weighted by atomic mass is 32.2. The van der Waals surface area contributed by atoms with Crippen LogP contribution in [0.25, 0.3) is 0 Å². The number of benzene rings is 1. The van der Waals surface area contributed by atoms with Gasteiger partial charge in [-0.2, -0.15) is 0 Å². The molecule has 1 rings (SSSR count). The zero-order valence-corrected chi connectivity index (χ0v) is 13.0. The second-order valence-electron chi connectivity index (χ2n) is 4.91. The zero-order valence-electron chi connectivity index (χ0n) is 12.2. The lowest BCUT2D eigenvalue weighted by Crippen LogP contribution is -2.32. The van der Waals surface area contributed by atoms with Crippen LogP contribution < -0.4 is 10.0 Å². The van der Waals surface area contributed by atoms with Crippen molar-refractivity contribution in [2.24, 2.45) is 0 Å². The lowest BCUT2D eigenvalue weighted by Gasteiger charge is -2.16. The van der Waals surface area contributed by atoms with E-state index in [0.29, 0.717) is 5.69 Å². The van der Waals surface area contributed by atoms with E-state index in [1.54, 1.807) is 46.1 Å². The second kappa shape index (κ2) is 6.71. The van der Waals surface area contributed by atoms with Gasteiger partial charge in [0, 0.05) is 20.1 Å². The Kier molecular flexibility index (Phi) is 5.52. The monoisotopic (exact) mass is 299 g/mol. The molecule has 1 amide bonds. The maximum atomic E-state index is 12.2. The third-order valence-corrected chi connectivity index (χ3v) is 4.21. The summed E-state index contributed by atoms with van der Waals surface area (Å²) in [6.07, 6.45) is 0. The van der Waals surface area contributed by atoms with Crippen molar-refractivity contribution < 1.29 is 13.2 Å². The quantitative estimate of drug-likeness (QED) is 0.817. The van der Waals surface area contributed by atoms with Gasteiger partial charge in [-0.1, -0.05) is 12.1 Å². The lowest BCUT2D eigenvalue weighted by molar-refractivity contribution is -0.126. The van der Waals surface area contributed by atoms with Gasteiger partial charge in [-0.3, -0.25) is 4.79 Å². The summed E-state index contributed by atoms with van der Waals surface area (Å²) in [5.74, 6) is -0.131. The van der Waals surface area contributed by atoms with Gasteiger partial charge in [0.15, 0.2) is 0 Å². The number of anilines is 1. The van der Waals surface area contributed by atoms with Crippen LogP contribution >= 0.6 is 0 Å². The van der Waals surface area contributed by atoms with Crippen LogP contribution in [0, 0.1) is 0 Å². The summed E-state index contributed by atoms with van der Waals surface area (Å²) in [6, 6.07) is 6.31. The second-order valence-corrected chi connectivity index (χ2v) is 6.60. The molecule has 0 atom stereocenters. The third-order valence-electron chi connectivity index (χ3n) is 2.50. The van der Waals surface area contributed by atoms with Crippen LogP contribution in [0.1, 0.15) is 13.8 Å². The molecule has 112 valence electrons. The molecule has 0 fully saturated rings. The van der Waals surface area contributed by atoms with E-state index >= 15 is 0 Å². The fourth-order valence-electron chi connectivity index (χ4n) is 1.55. The van der Waals surface area contributed by atoms with Gasteiger partial charge in [0.05, 0.1) is 12.2 Å². The molecule has 0 aromatic heterocycles. The Morgan fingerprint density at radius 2 is 1.85 bits per heavy atom. The van der Waals surface area contributed by atoms with Crippen molar-refractivity contribution in [2.75, 3.05) is 26.0 Å². The van der Waals surface area contributed by atoms with Crippen molar-refractivity contribution in [3.63, 3.8) is 0 Å². The number of hydrogen-bond acceptors (Lipinski definition) is 4. The zero-order chi connectivity index (χ0) is 15.3. The highest BCUT2D eigenvalue weighted by Crippen LogP contribution is 2.20. The smallest absolute Gasteiger partial charge is 0.242 e. The minimum absolute atomic E-state index is 0.0429. The molecule has 7 heteroatoms. The number of sulfonamides is 1. The van der Waals surface area contributed by atoms with E-state index in [0.717, 1.165) is 0 Å². The van der Waals surface area contributed by atoms with Gasteiger partial charge < -0.3 is 10.2 Å². The van der Waals surface area contributed by atoms with Crippen LogP contribution in [-0.2, 0) is 14.8 Å². The Balaban J connectivity index is 2.97. The summed E-state index contributed by atoms with van der Waals surface area (Å²) in [6.45, 7) is 3.55. The van der Waals surface area contributed by atoms with Crippen molar-refractivity contribution in [3.8, 4) is 0 Å².